The zero-order chi connectivity index (χ0) is 19.1. The Labute approximate surface area is 164 Å². The van der Waals surface area contributed by atoms with Crippen LogP contribution >= 0.6 is 0 Å². The van der Waals surface area contributed by atoms with Crippen LogP contribution in [0.5, 0.6) is 0 Å². The van der Waals surface area contributed by atoms with Crippen molar-refractivity contribution >= 4 is 11.6 Å². The number of ether oxygens (including phenoxy) is 1. The molecule has 3 rings (SSSR count). The lowest BCUT2D eigenvalue weighted by Crippen LogP contribution is -2.48. The summed E-state index contributed by atoms with van der Waals surface area (Å²) in [5, 5.41) is 0. The van der Waals surface area contributed by atoms with Crippen molar-refractivity contribution in [2.75, 3.05) is 57.9 Å². The molecule has 1 atom stereocenters. The fourth-order valence-electron chi connectivity index (χ4n) is 4.33. The first kappa shape index (κ1) is 20.2. The summed E-state index contributed by atoms with van der Waals surface area (Å²) in [7, 11) is 1.74. The lowest BCUT2D eigenvalue weighted by molar-refractivity contribution is -0.135. The molecule has 1 aromatic rings. The quantitative estimate of drug-likeness (QED) is 0.736. The van der Waals surface area contributed by atoms with Crippen LogP contribution in [0.4, 0.5) is 5.69 Å². The Morgan fingerprint density at radius 3 is 2.70 bits per heavy atom. The number of benzene rings is 1. The predicted molar refractivity (Wildman–Crippen MR) is 110 cm³/mol. The Morgan fingerprint density at radius 1 is 1.15 bits per heavy atom. The largest absolute Gasteiger partial charge is 0.385 e. The number of aryl methyl sites for hydroxylation is 1. The molecule has 0 spiro atoms. The van der Waals surface area contributed by atoms with Gasteiger partial charge in [0.1, 0.15) is 0 Å². The van der Waals surface area contributed by atoms with Crippen molar-refractivity contribution in [3.8, 4) is 0 Å². The van der Waals surface area contributed by atoms with Crippen molar-refractivity contribution in [1.82, 2.24) is 9.80 Å². The van der Waals surface area contributed by atoms with Gasteiger partial charge in [0.15, 0.2) is 0 Å². The number of piperazine rings is 1. The Balaban J connectivity index is 1.43. The molecule has 0 N–H and O–H groups in total. The van der Waals surface area contributed by atoms with E-state index in [1.54, 1.807) is 7.11 Å². The Bertz CT molecular complexity index is 599. The molecule has 2 aliphatic heterocycles. The minimum atomic E-state index is 0.330. The standard InChI is InChI=1S/C22H35N3O2/c1-19-6-5-8-21(18-19)24-15-13-23(14-16-24)12-9-22(26)25-11-4-3-7-20(25)10-17-27-2/h5-6,8,18,20H,3-4,7,9-17H2,1-2H3/t20-/m1/s1. The van der Waals surface area contributed by atoms with E-state index in [1.165, 1.54) is 17.7 Å². The molecule has 0 unspecified atom stereocenters. The van der Waals surface area contributed by atoms with Crippen LogP contribution in [-0.2, 0) is 9.53 Å². The molecule has 0 aromatic heterocycles. The van der Waals surface area contributed by atoms with E-state index < -0.39 is 0 Å². The zero-order valence-corrected chi connectivity index (χ0v) is 17.0. The van der Waals surface area contributed by atoms with Crippen LogP contribution in [0.2, 0.25) is 0 Å². The number of rotatable bonds is 7. The summed E-state index contributed by atoms with van der Waals surface area (Å²) in [6, 6.07) is 9.11. The molecule has 5 nitrogen and oxygen atoms in total. The third-order valence-corrected chi connectivity index (χ3v) is 5.98. The molecule has 2 aliphatic rings. The number of methoxy groups -OCH3 is 1. The van der Waals surface area contributed by atoms with Gasteiger partial charge in [0.25, 0.3) is 0 Å². The van der Waals surface area contributed by atoms with Gasteiger partial charge in [-0.15, -0.1) is 0 Å². The van der Waals surface area contributed by atoms with Gasteiger partial charge < -0.3 is 14.5 Å². The van der Waals surface area contributed by atoms with Crippen LogP contribution in [0.3, 0.4) is 0 Å². The van der Waals surface area contributed by atoms with E-state index in [4.69, 9.17) is 4.74 Å². The van der Waals surface area contributed by atoms with Crippen LogP contribution in [-0.4, -0.2) is 74.7 Å². The number of likely N-dealkylation sites (tertiary alicyclic amines) is 1. The summed E-state index contributed by atoms with van der Waals surface area (Å²) in [5.41, 5.74) is 2.63. The lowest BCUT2D eigenvalue weighted by atomic mass is 9.99. The molecular weight excluding hydrogens is 338 g/mol. The van der Waals surface area contributed by atoms with Crippen LogP contribution in [0.15, 0.2) is 24.3 Å². The molecule has 2 saturated heterocycles. The number of piperidine rings is 1. The van der Waals surface area contributed by atoms with Crippen molar-refractivity contribution < 1.29 is 9.53 Å². The first-order chi connectivity index (χ1) is 13.2. The van der Waals surface area contributed by atoms with Crippen molar-refractivity contribution in [1.29, 1.82) is 0 Å². The van der Waals surface area contributed by atoms with Gasteiger partial charge in [-0.2, -0.15) is 0 Å². The van der Waals surface area contributed by atoms with Crippen molar-refractivity contribution in [2.24, 2.45) is 0 Å². The normalized spacial score (nSPS) is 21.5. The Kier molecular flexibility index (Phi) is 7.53. The van der Waals surface area contributed by atoms with Gasteiger partial charge in [-0.25, -0.2) is 0 Å². The summed E-state index contributed by atoms with van der Waals surface area (Å²) in [5.74, 6) is 0.330. The van der Waals surface area contributed by atoms with E-state index in [1.807, 2.05) is 0 Å². The summed E-state index contributed by atoms with van der Waals surface area (Å²) in [4.78, 5) is 19.8. The highest BCUT2D eigenvalue weighted by molar-refractivity contribution is 5.76. The van der Waals surface area contributed by atoms with E-state index in [0.717, 1.165) is 65.1 Å². The zero-order valence-electron chi connectivity index (χ0n) is 17.0. The second-order valence-electron chi connectivity index (χ2n) is 7.94. The van der Waals surface area contributed by atoms with E-state index in [2.05, 4.69) is 45.9 Å². The van der Waals surface area contributed by atoms with E-state index >= 15 is 0 Å². The van der Waals surface area contributed by atoms with Crippen LogP contribution < -0.4 is 4.90 Å². The first-order valence-corrected chi connectivity index (χ1v) is 10.5. The highest BCUT2D eigenvalue weighted by Crippen LogP contribution is 2.21. The molecule has 1 amide bonds. The summed E-state index contributed by atoms with van der Waals surface area (Å²) in [6.45, 7) is 8.85. The van der Waals surface area contributed by atoms with Gasteiger partial charge in [0, 0.05) is 71.1 Å². The Morgan fingerprint density at radius 2 is 1.96 bits per heavy atom. The van der Waals surface area contributed by atoms with Crippen LogP contribution in [0, 0.1) is 6.92 Å². The summed E-state index contributed by atoms with van der Waals surface area (Å²) in [6.07, 6.45) is 5.12. The summed E-state index contributed by atoms with van der Waals surface area (Å²) >= 11 is 0. The molecule has 27 heavy (non-hydrogen) atoms. The fraction of sp³-hybridized carbons (Fsp3) is 0.682. The van der Waals surface area contributed by atoms with E-state index in [-0.39, 0.29) is 0 Å². The predicted octanol–water partition coefficient (Wildman–Crippen LogP) is 2.92. The molecule has 5 heteroatoms. The fourth-order valence-corrected chi connectivity index (χ4v) is 4.33. The molecule has 0 saturated carbocycles. The van der Waals surface area contributed by atoms with Gasteiger partial charge in [-0.1, -0.05) is 12.1 Å². The lowest BCUT2D eigenvalue weighted by Gasteiger charge is -2.38. The topological polar surface area (TPSA) is 36.0 Å². The maximum atomic E-state index is 12.8. The smallest absolute Gasteiger partial charge is 0.224 e. The number of hydrogen-bond donors (Lipinski definition) is 0. The SMILES string of the molecule is COCC[C@H]1CCCCN1C(=O)CCN1CCN(c2cccc(C)c2)CC1. The van der Waals surface area contributed by atoms with Gasteiger partial charge >= 0.3 is 0 Å². The molecule has 150 valence electrons. The third kappa shape index (κ3) is 5.69. The monoisotopic (exact) mass is 373 g/mol. The number of carbonyl (C=O) groups excluding carboxylic acids is 1. The average Bonchev–Trinajstić information content (AvgIpc) is 2.71. The molecular formula is C22H35N3O2. The number of nitrogens with zero attached hydrogens (tertiary/aromatic N) is 3. The van der Waals surface area contributed by atoms with E-state index in [0.29, 0.717) is 18.4 Å². The number of anilines is 1. The molecule has 2 heterocycles. The maximum Gasteiger partial charge on any atom is 0.224 e. The van der Waals surface area contributed by atoms with E-state index in [9.17, 15) is 4.79 Å². The molecule has 0 bridgehead atoms. The number of hydrogen-bond acceptors (Lipinski definition) is 4. The van der Waals surface area contributed by atoms with Crippen molar-refractivity contribution in [2.45, 2.75) is 45.1 Å². The van der Waals surface area contributed by atoms with Gasteiger partial charge in [0.2, 0.25) is 5.91 Å². The van der Waals surface area contributed by atoms with Crippen molar-refractivity contribution in [3.63, 3.8) is 0 Å². The second kappa shape index (κ2) is 10.1. The molecule has 0 aliphatic carbocycles. The summed E-state index contributed by atoms with van der Waals surface area (Å²) < 4.78 is 5.23. The minimum absolute atomic E-state index is 0.330. The maximum absolute atomic E-state index is 12.8. The number of amides is 1. The second-order valence-corrected chi connectivity index (χ2v) is 7.94. The number of carbonyl (C=O) groups is 1. The Hall–Kier alpha value is -1.59. The van der Waals surface area contributed by atoms with Gasteiger partial charge in [-0.3, -0.25) is 9.69 Å². The van der Waals surface area contributed by atoms with Crippen molar-refractivity contribution in [3.05, 3.63) is 29.8 Å². The molecule has 0 radical (unpaired) electrons. The molecule has 2 fully saturated rings. The minimum Gasteiger partial charge on any atom is -0.385 e. The van der Waals surface area contributed by atoms with Crippen LogP contribution in [0.1, 0.15) is 37.7 Å². The van der Waals surface area contributed by atoms with Crippen LogP contribution in [0.25, 0.3) is 0 Å². The first-order valence-electron chi connectivity index (χ1n) is 10.5. The molecule has 1 aromatic carbocycles. The highest BCUT2D eigenvalue weighted by atomic mass is 16.5. The van der Waals surface area contributed by atoms with Gasteiger partial charge in [-0.05, 0) is 50.3 Å². The average molecular weight is 374 g/mol. The highest BCUT2D eigenvalue weighted by Gasteiger charge is 2.27. The third-order valence-electron chi connectivity index (χ3n) is 5.98. The van der Waals surface area contributed by atoms with Gasteiger partial charge in [0.05, 0.1) is 0 Å².